The average molecular weight is 218 g/mol. The van der Waals surface area contributed by atoms with Gasteiger partial charge in [-0.2, -0.15) is 10.2 Å². The molecule has 0 aromatic carbocycles. The summed E-state index contributed by atoms with van der Waals surface area (Å²) < 4.78 is 10.1. The fourth-order valence-corrected chi connectivity index (χ4v) is 1.21. The van der Waals surface area contributed by atoms with Crippen LogP contribution in [-0.4, -0.2) is 22.2 Å². The molecule has 6 heteroatoms. The lowest BCUT2D eigenvalue weighted by Crippen LogP contribution is -1.97. The van der Waals surface area contributed by atoms with Gasteiger partial charge in [-0.05, 0) is 13.0 Å². The zero-order valence-electron chi connectivity index (χ0n) is 8.89. The monoisotopic (exact) mass is 218 g/mol. The van der Waals surface area contributed by atoms with Gasteiger partial charge in [-0.15, -0.1) is 0 Å². The number of hydrogen-bond donors (Lipinski definition) is 1. The molecule has 2 rings (SSSR count). The maximum absolute atomic E-state index is 8.66. The van der Waals surface area contributed by atoms with Gasteiger partial charge in [0.2, 0.25) is 5.82 Å². The van der Waals surface area contributed by atoms with Gasteiger partial charge in [-0.25, -0.2) is 0 Å². The van der Waals surface area contributed by atoms with Crippen molar-refractivity contribution in [3.63, 3.8) is 0 Å². The van der Waals surface area contributed by atoms with E-state index in [1.165, 1.54) is 0 Å². The highest BCUT2D eigenvalue weighted by Crippen LogP contribution is 2.20. The number of nitrogens with one attached hydrogen (secondary N) is 1. The number of rotatable bonds is 3. The van der Waals surface area contributed by atoms with Gasteiger partial charge in [0.15, 0.2) is 0 Å². The molecule has 0 saturated carbocycles. The number of methoxy groups -OCH3 is 1. The minimum Gasteiger partial charge on any atom is -0.374 e. The second-order valence-corrected chi connectivity index (χ2v) is 3.25. The second kappa shape index (κ2) is 4.16. The van der Waals surface area contributed by atoms with E-state index in [-0.39, 0.29) is 6.10 Å². The van der Waals surface area contributed by atoms with Gasteiger partial charge >= 0.3 is 0 Å². The first-order valence-corrected chi connectivity index (χ1v) is 4.70. The van der Waals surface area contributed by atoms with Crippen LogP contribution < -0.4 is 0 Å². The molecule has 0 aliphatic heterocycles. The number of ether oxygens (including phenoxy) is 1. The lowest BCUT2D eigenvalue weighted by molar-refractivity contribution is 0.109. The Labute approximate surface area is 91.8 Å². The summed E-state index contributed by atoms with van der Waals surface area (Å²) in [5, 5.41) is 12.5. The van der Waals surface area contributed by atoms with Crippen LogP contribution in [0.15, 0.2) is 16.8 Å². The summed E-state index contributed by atoms with van der Waals surface area (Å²) in [6, 6.07) is 3.64. The summed E-state index contributed by atoms with van der Waals surface area (Å²) in [5.74, 6) is 0.855. The summed E-state index contributed by atoms with van der Waals surface area (Å²) in [4.78, 5) is 6.95. The molecular formula is C10H10N4O2. The topological polar surface area (TPSA) is 87.7 Å². The smallest absolute Gasteiger partial charge is 0.259 e. The van der Waals surface area contributed by atoms with E-state index in [9.17, 15) is 0 Å². The molecule has 0 fully saturated rings. The molecule has 0 aliphatic rings. The van der Waals surface area contributed by atoms with Gasteiger partial charge in [0, 0.05) is 13.3 Å². The Kier molecular flexibility index (Phi) is 2.70. The van der Waals surface area contributed by atoms with Crippen molar-refractivity contribution in [3.8, 4) is 17.5 Å². The predicted molar refractivity (Wildman–Crippen MR) is 54.2 cm³/mol. The van der Waals surface area contributed by atoms with Crippen molar-refractivity contribution >= 4 is 0 Å². The van der Waals surface area contributed by atoms with E-state index in [0.717, 1.165) is 0 Å². The van der Waals surface area contributed by atoms with Crippen molar-refractivity contribution < 1.29 is 9.26 Å². The summed E-state index contributed by atoms with van der Waals surface area (Å²) in [6.07, 6.45) is 1.43. The van der Waals surface area contributed by atoms with Crippen molar-refractivity contribution in [2.75, 3.05) is 7.11 Å². The summed E-state index contributed by atoms with van der Waals surface area (Å²) in [6.45, 7) is 1.83. The Hall–Kier alpha value is -2.13. The highest BCUT2D eigenvalue weighted by molar-refractivity contribution is 5.54. The second-order valence-electron chi connectivity index (χ2n) is 3.25. The van der Waals surface area contributed by atoms with E-state index in [4.69, 9.17) is 14.5 Å². The molecule has 6 nitrogen and oxygen atoms in total. The normalized spacial score (nSPS) is 12.3. The van der Waals surface area contributed by atoms with E-state index in [1.807, 2.05) is 13.0 Å². The van der Waals surface area contributed by atoms with Gasteiger partial charge < -0.3 is 14.2 Å². The van der Waals surface area contributed by atoms with Gasteiger partial charge in [0.1, 0.15) is 17.9 Å². The summed E-state index contributed by atoms with van der Waals surface area (Å²) in [5.41, 5.74) is 1.15. The van der Waals surface area contributed by atoms with Crippen LogP contribution in [-0.2, 0) is 4.74 Å². The van der Waals surface area contributed by atoms with Crippen LogP contribution in [0.4, 0.5) is 0 Å². The number of H-pyrrole nitrogens is 1. The Morgan fingerprint density at radius 1 is 1.62 bits per heavy atom. The van der Waals surface area contributed by atoms with Gasteiger partial charge in [-0.1, -0.05) is 5.16 Å². The van der Waals surface area contributed by atoms with Crippen LogP contribution in [0.1, 0.15) is 24.5 Å². The number of hydrogen-bond acceptors (Lipinski definition) is 5. The molecule has 0 aliphatic carbocycles. The molecule has 2 aromatic rings. The molecule has 1 unspecified atom stereocenters. The van der Waals surface area contributed by atoms with Crippen molar-refractivity contribution in [2.45, 2.75) is 13.0 Å². The number of nitrogens with zero attached hydrogens (tertiary/aromatic N) is 3. The predicted octanol–water partition coefficient (Wildman–Crippen LogP) is 1.64. The fraction of sp³-hybridized carbons (Fsp3) is 0.300. The first-order chi connectivity index (χ1) is 7.74. The van der Waals surface area contributed by atoms with Crippen molar-refractivity contribution in [2.24, 2.45) is 0 Å². The lowest BCUT2D eigenvalue weighted by atomic mass is 10.3. The van der Waals surface area contributed by atoms with E-state index in [2.05, 4.69) is 15.1 Å². The van der Waals surface area contributed by atoms with Gasteiger partial charge in [-0.3, -0.25) is 0 Å². The number of aromatic nitrogens is 3. The molecule has 0 bridgehead atoms. The zero-order chi connectivity index (χ0) is 11.5. The van der Waals surface area contributed by atoms with Crippen LogP contribution >= 0.6 is 0 Å². The van der Waals surface area contributed by atoms with E-state index in [0.29, 0.717) is 23.0 Å². The van der Waals surface area contributed by atoms with E-state index >= 15 is 0 Å². The standard InChI is InChI=1S/C10H10N4O2/c1-6(15-2)9-13-10(16-14-9)7-3-8(4-11)12-5-7/h3,5-6,12H,1-2H3. The molecule has 0 amide bonds. The lowest BCUT2D eigenvalue weighted by Gasteiger charge is -2.00. The van der Waals surface area contributed by atoms with E-state index < -0.39 is 0 Å². The SMILES string of the molecule is COC(C)c1noc(-c2c[nH]c(C#N)c2)n1. The van der Waals surface area contributed by atoms with Crippen LogP contribution in [0.5, 0.6) is 0 Å². The zero-order valence-corrected chi connectivity index (χ0v) is 8.89. The van der Waals surface area contributed by atoms with E-state index in [1.54, 1.807) is 19.4 Å². The highest BCUT2D eigenvalue weighted by atomic mass is 16.5. The highest BCUT2D eigenvalue weighted by Gasteiger charge is 2.14. The summed E-state index contributed by atoms with van der Waals surface area (Å²) in [7, 11) is 1.57. The molecular weight excluding hydrogens is 208 g/mol. The molecule has 2 heterocycles. The average Bonchev–Trinajstić information content (AvgIpc) is 2.95. The van der Waals surface area contributed by atoms with Gasteiger partial charge in [0.05, 0.1) is 5.56 Å². The Morgan fingerprint density at radius 2 is 2.44 bits per heavy atom. The Balaban J connectivity index is 2.28. The molecule has 1 N–H and O–H groups in total. The Morgan fingerprint density at radius 3 is 3.06 bits per heavy atom. The molecule has 1 atom stereocenters. The molecule has 2 aromatic heterocycles. The first-order valence-electron chi connectivity index (χ1n) is 4.70. The molecule has 0 spiro atoms. The van der Waals surface area contributed by atoms with Crippen LogP contribution in [0.25, 0.3) is 11.5 Å². The third-order valence-corrected chi connectivity index (χ3v) is 2.21. The quantitative estimate of drug-likeness (QED) is 0.846. The van der Waals surface area contributed by atoms with Crippen LogP contribution in [0.2, 0.25) is 0 Å². The summed E-state index contributed by atoms with van der Waals surface area (Å²) >= 11 is 0. The number of nitriles is 1. The number of aromatic amines is 1. The fourth-order valence-electron chi connectivity index (χ4n) is 1.21. The minimum absolute atomic E-state index is 0.216. The van der Waals surface area contributed by atoms with Crippen molar-refractivity contribution in [1.29, 1.82) is 5.26 Å². The minimum atomic E-state index is -0.216. The maximum atomic E-state index is 8.66. The first kappa shape index (κ1) is 10.4. The van der Waals surface area contributed by atoms with Crippen LogP contribution in [0.3, 0.4) is 0 Å². The molecule has 16 heavy (non-hydrogen) atoms. The van der Waals surface area contributed by atoms with Crippen LogP contribution in [0, 0.1) is 11.3 Å². The molecule has 82 valence electrons. The third-order valence-electron chi connectivity index (χ3n) is 2.21. The third kappa shape index (κ3) is 1.81. The van der Waals surface area contributed by atoms with Gasteiger partial charge in [0.25, 0.3) is 5.89 Å². The maximum Gasteiger partial charge on any atom is 0.259 e. The largest absolute Gasteiger partial charge is 0.374 e. The molecule has 0 saturated heterocycles. The molecule has 0 radical (unpaired) electrons. The Bertz CT molecular complexity index is 523. The van der Waals surface area contributed by atoms with Crippen molar-refractivity contribution in [1.82, 2.24) is 15.1 Å². The van der Waals surface area contributed by atoms with Crippen molar-refractivity contribution in [3.05, 3.63) is 23.8 Å².